The Labute approximate surface area is 181 Å². The second-order valence-electron chi connectivity index (χ2n) is 8.29. The first-order valence-electron chi connectivity index (χ1n) is 10.6. The molecule has 31 heavy (non-hydrogen) atoms. The molecular formula is C23H28N6O2. The van der Waals surface area contributed by atoms with Crippen LogP contribution in [0.1, 0.15) is 38.2 Å². The molecule has 1 aliphatic heterocycles. The van der Waals surface area contributed by atoms with Crippen LogP contribution in [-0.4, -0.2) is 45.9 Å². The van der Waals surface area contributed by atoms with Crippen LogP contribution in [0, 0.1) is 5.92 Å². The number of hydrogen-bond donors (Lipinski definition) is 3. The number of rotatable bonds is 6. The molecule has 0 aliphatic carbocycles. The van der Waals surface area contributed by atoms with E-state index in [0.29, 0.717) is 18.1 Å². The highest BCUT2D eigenvalue weighted by Crippen LogP contribution is 2.39. The van der Waals surface area contributed by atoms with Crippen LogP contribution in [0.15, 0.2) is 42.6 Å². The van der Waals surface area contributed by atoms with Crippen molar-refractivity contribution in [3.05, 3.63) is 54.0 Å². The number of H-pyrrole nitrogens is 1. The highest BCUT2D eigenvalue weighted by molar-refractivity contribution is 6.01. The van der Waals surface area contributed by atoms with Crippen molar-refractivity contribution in [3.63, 3.8) is 0 Å². The lowest BCUT2D eigenvalue weighted by atomic mass is 10.0. The SMILES string of the molecule is CN[C@@H](C)C(=O)N[C@H](C(=O)N1c2ncccc2C[C@H]1c1nc2ccccc2[nH]1)C(C)C. The van der Waals surface area contributed by atoms with Gasteiger partial charge < -0.3 is 15.6 Å². The number of para-hydroxylation sites is 2. The number of imidazole rings is 1. The number of carbonyl (C=O) groups is 2. The lowest BCUT2D eigenvalue weighted by Crippen LogP contribution is -2.55. The number of amides is 2. The number of fused-ring (bicyclic) bond motifs is 2. The quantitative estimate of drug-likeness (QED) is 0.568. The fourth-order valence-electron chi connectivity index (χ4n) is 3.93. The first kappa shape index (κ1) is 21.0. The van der Waals surface area contributed by atoms with Gasteiger partial charge in [0, 0.05) is 12.6 Å². The van der Waals surface area contributed by atoms with E-state index in [2.05, 4.69) is 20.6 Å². The summed E-state index contributed by atoms with van der Waals surface area (Å²) in [4.78, 5) is 40.7. The largest absolute Gasteiger partial charge is 0.343 e. The van der Waals surface area contributed by atoms with Gasteiger partial charge in [0.05, 0.1) is 17.1 Å². The number of aromatic nitrogens is 3. The van der Waals surface area contributed by atoms with Crippen molar-refractivity contribution in [2.24, 2.45) is 5.92 Å². The third kappa shape index (κ3) is 3.90. The van der Waals surface area contributed by atoms with Crippen molar-refractivity contribution in [2.45, 2.75) is 45.3 Å². The summed E-state index contributed by atoms with van der Waals surface area (Å²) >= 11 is 0. The van der Waals surface area contributed by atoms with Crippen LogP contribution in [0.25, 0.3) is 11.0 Å². The smallest absolute Gasteiger partial charge is 0.251 e. The van der Waals surface area contributed by atoms with Crippen LogP contribution in [0.4, 0.5) is 5.82 Å². The van der Waals surface area contributed by atoms with E-state index < -0.39 is 12.1 Å². The van der Waals surface area contributed by atoms with Gasteiger partial charge in [0.1, 0.15) is 23.7 Å². The van der Waals surface area contributed by atoms with Crippen LogP contribution < -0.4 is 15.5 Å². The summed E-state index contributed by atoms with van der Waals surface area (Å²) in [6.07, 6.45) is 2.30. The zero-order valence-electron chi connectivity index (χ0n) is 18.2. The third-order valence-electron chi connectivity index (χ3n) is 5.84. The Morgan fingerprint density at radius 3 is 2.65 bits per heavy atom. The summed E-state index contributed by atoms with van der Waals surface area (Å²) in [6, 6.07) is 10.3. The summed E-state index contributed by atoms with van der Waals surface area (Å²) in [5.41, 5.74) is 2.76. The number of likely N-dealkylation sites (N-methyl/N-ethyl adjacent to an activating group) is 1. The van der Waals surface area contributed by atoms with Gasteiger partial charge in [-0.3, -0.25) is 14.5 Å². The molecule has 0 spiro atoms. The molecule has 3 atom stereocenters. The predicted molar refractivity (Wildman–Crippen MR) is 120 cm³/mol. The standard InChI is InChI=1S/C23H28N6O2/c1-13(2)19(28-22(30)14(3)24-4)23(31)29-18(12-15-8-7-11-25-21(15)29)20-26-16-9-5-6-10-17(16)27-20/h5-11,13-14,18-19,24H,12H2,1-4H3,(H,26,27)(H,28,30)/t14-,18-,19-/m0/s1. The molecule has 4 rings (SSSR count). The molecule has 0 saturated carbocycles. The number of carbonyl (C=O) groups excluding carboxylic acids is 2. The second kappa shape index (κ2) is 8.47. The van der Waals surface area contributed by atoms with Crippen molar-refractivity contribution >= 4 is 28.7 Å². The summed E-state index contributed by atoms with van der Waals surface area (Å²) in [5, 5.41) is 5.84. The van der Waals surface area contributed by atoms with Gasteiger partial charge in [-0.2, -0.15) is 0 Å². The molecule has 0 unspecified atom stereocenters. The maximum atomic E-state index is 13.8. The van der Waals surface area contributed by atoms with Crippen LogP contribution in [0.2, 0.25) is 0 Å². The fraction of sp³-hybridized carbons (Fsp3) is 0.391. The van der Waals surface area contributed by atoms with Gasteiger partial charge in [-0.25, -0.2) is 9.97 Å². The molecule has 1 aliphatic rings. The molecule has 2 aromatic heterocycles. The normalized spacial score (nSPS) is 17.6. The van der Waals surface area contributed by atoms with Crippen molar-refractivity contribution in [1.29, 1.82) is 0 Å². The number of pyridine rings is 1. The maximum Gasteiger partial charge on any atom is 0.251 e. The lowest BCUT2D eigenvalue weighted by Gasteiger charge is -2.30. The maximum absolute atomic E-state index is 13.8. The Morgan fingerprint density at radius 2 is 1.94 bits per heavy atom. The lowest BCUT2D eigenvalue weighted by molar-refractivity contribution is -0.129. The Balaban J connectivity index is 1.72. The Hall–Kier alpha value is -3.26. The fourth-order valence-corrected chi connectivity index (χ4v) is 3.93. The van der Waals surface area contributed by atoms with Gasteiger partial charge in [-0.1, -0.05) is 32.0 Å². The van der Waals surface area contributed by atoms with Crippen molar-refractivity contribution in [3.8, 4) is 0 Å². The molecule has 8 heteroatoms. The van der Waals surface area contributed by atoms with Crippen LogP contribution in [0.5, 0.6) is 0 Å². The van der Waals surface area contributed by atoms with Crippen molar-refractivity contribution in [2.75, 3.05) is 11.9 Å². The molecule has 0 bridgehead atoms. The summed E-state index contributed by atoms with van der Waals surface area (Å²) in [6.45, 7) is 5.62. The molecular weight excluding hydrogens is 392 g/mol. The van der Waals surface area contributed by atoms with Gasteiger partial charge in [0.15, 0.2) is 0 Å². The highest BCUT2D eigenvalue weighted by Gasteiger charge is 2.41. The predicted octanol–water partition coefficient (Wildman–Crippen LogP) is 2.34. The summed E-state index contributed by atoms with van der Waals surface area (Å²) in [5.74, 6) is 0.846. The topological polar surface area (TPSA) is 103 Å². The van der Waals surface area contributed by atoms with E-state index in [1.165, 1.54) is 0 Å². The average Bonchev–Trinajstić information content (AvgIpc) is 3.37. The number of nitrogens with one attached hydrogen (secondary N) is 3. The summed E-state index contributed by atoms with van der Waals surface area (Å²) in [7, 11) is 1.72. The van der Waals surface area contributed by atoms with Gasteiger partial charge in [-0.15, -0.1) is 0 Å². The Bertz CT molecular complexity index is 1080. The zero-order valence-corrected chi connectivity index (χ0v) is 18.2. The Kier molecular flexibility index (Phi) is 5.73. The van der Waals surface area contributed by atoms with Gasteiger partial charge in [0.2, 0.25) is 5.91 Å². The number of benzene rings is 1. The monoisotopic (exact) mass is 420 g/mol. The molecule has 8 nitrogen and oxygen atoms in total. The van der Waals surface area contributed by atoms with E-state index in [4.69, 9.17) is 4.98 Å². The Morgan fingerprint density at radius 1 is 1.16 bits per heavy atom. The number of hydrogen-bond acceptors (Lipinski definition) is 5. The average molecular weight is 421 g/mol. The molecule has 0 fully saturated rings. The number of aromatic amines is 1. The molecule has 1 aromatic carbocycles. The number of nitrogens with zero attached hydrogens (tertiary/aromatic N) is 3. The molecule has 3 heterocycles. The first-order valence-corrected chi connectivity index (χ1v) is 10.6. The summed E-state index contributed by atoms with van der Waals surface area (Å²) < 4.78 is 0. The van der Waals surface area contributed by atoms with Crippen molar-refractivity contribution < 1.29 is 9.59 Å². The van der Waals surface area contributed by atoms with Crippen LogP contribution >= 0.6 is 0 Å². The molecule has 0 radical (unpaired) electrons. The van der Waals surface area contributed by atoms with E-state index in [1.807, 2.05) is 50.2 Å². The molecule has 2 amide bonds. The highest BCUT2D eigenvalue weighted by atomic mass is 16.2. The number of anilines is 1. The van der Waals surface area contributed by atoms with E-state index in [0.717, 1.165) is 16.6 Å². The van der Waals surface area contributed by atoms with Crippen LogP contribution in [0.3, 0.4) is 0 Å². The van der Waals surface area contributed by atoms with Crippen molar-refractivity contribution in [1.82, 2.24) is 25.6 Å². The zero-order chi connectivity index (χ0) is 22.1. The van der Waals surface area contributed by atoms with E-state index in [1.54, 1.807) is 25.1 Å². The van der Waals surface area contributed by atoms with E-state index in [9.17, 15) is 9.59 Å². The molecule has 0 saturated heterocycles. The third-order valence-corrected chi connectivity index (χ3v) is 5.84. The minimum atomic E-state index is -0.678. The molecule has 162 valence electrons. The first-order chi connectivity index (χ1) is 14.9. The minimum absolute atomic E-state index is 0.0930. The second-order valence-corrected chi connectivity index (χ2v) is 8.29. The van der Waals surface area contributed by atoms with E-state index >= 15 is 0 Å². The van der Waals surface area contributed by atoms with Gasteiger partial charge in [-0.05, 0) is 43.7 Å². The molecule has 3 aromatic rings. The van der Waals surface area contributed by atoms with Gasteiger partial charge in [0.25, 0.3) is 5.91 Å². The minimum Gasteiger partial charge on any atom is -0.343 e. The van der Waals surface area contributed by atoms with Crippen LogP contribution in [-0.2, 0) is 16.0 Å². The molecule has 3 N–H and O–H groups in total. The van der Waals surface area contributed by atoms with Gasteiger partial charge >= 0.3 is 0 Å². The van der Waals surface area contributed by atoms with E-state index in [-0.39, 0.29) is 23.8 Å².